The molecule has 0 amide bonds. The van der Waals surface area contributed by atoms with Gasteiger partial charge in [-0.1, -0.05) is 6.07 Å². The van der Waals surface area contributed by atoms with Crippen LogP contribution in [-0.2, 0) is 5.41 Å². The van der Waals surface area contributed by atoms with Gasteiger partial charge in [-0.15, -0.1) is 0 Å². The average molecular weight is 411 g/mol. The Hall–Kier alpha value is -4.08. The highest BCUT2D eigenvalue weighted by molar-refractivity contribution is 5.61. The highest BCUT2D eigenvalue weighted by atomic mass is 19.2. The van der Waals surface area contributed by atoms with Crippen molar-refractivity contribution in [3.8, 4) is 24.3 Å². The first-order valence-electron chi connectivity index (χ1n) is 8.37. The van der Waals surface area contributed by atoms with E-state index in [2.05, 4.69) is 0 Å². The number of benzene rings is 2. The normalized spacial score (nSPS) is 10.7. The van der Waals surface area contributed by atoms with Gasteiger partial charge in [0.15, 0.2) is 34.6 Å². The molecule has 150 valence electrons. The van der Waals surface area contributed by atoms with Crippen LogP contribution in [0.3, 0.4) is 0 Å². The highest BCUT2D eigenvalue weighted by Crippen LogP contribution is 2.41. The van der Waals surface area contributed by atoms with Crippen molar-refractivity contribution in [2.45, 2.75) is 18.3 Å². The predicted molar refractivity (Wildman–Crippen MR) is 97.8 cm³/mol. The van der Waals surface area contributed by atoms with Gasteiger partial charge in [-0.25, -0.2) is 17.6 Å². The molecule has 0 aliphatic rings. The fraction of sp³-hybridized carbons (Fsp3) is 0.238. The van der Waals surface area contributed by atoms with Crippen LogP contribution in [0.4, 0.5) is 23.2 Å². The van der Waals surface area contributed by atoms with Crippen molar-refractivity contribution in [2.75, 3.05) is 19.0 Å². The van der Waals surface area contributed by atoms with Gasteiger partial charge < -0.3 is 4.90 Å². The molecule has 0 unspecified atom stereocenters. The zero-order valence-corrected chi connectivity index (χ0v) is 16.1. The summed E-state index contributed by atoms with van der Waals surface area (Å²) in [5.74, 6) is -10.2. The zero-order valence-electron chi connectivity index (χ0n) is 16.1. The molecule has 0 bridgehead atoms. The fourth-order valence-corrected chi connectivity index (χ4v) is 3.13. The van der Waals surface area contributed by atoms with Crippen LogP contribution in [0.15, 0.2) is 18.2 Å². The Balaban J connectivity index is 2.96. The second-order valence-corrected chi connectivity index (χ2v) is 6.60. The second-order valence-electron chi connectivity index (χ2n) is 6.60. The van der Waals surface area contributed by atoms with Crippen LogP contribution in [0.2, 0.25) is 0 Å². The maximum Gasteiger partial charge on any atom is 0.199 e. The molecule has 0 fully saturated rings. The molecular formula is C21H13F4N5. The molecule has 5 nitrogen and oxygen atoms in total. The van der Waals surface area contributed by atoms with E-state index in [0.29, 0.717) is 5.69 Å². The van der Waals surface area contributed by atoms with Crippen LogP contribution in [0.25, 0.3) is 0 Å². The van der Waals surface area contributed by atoms with Gasteiger partial charge in [0.25, 0.3) is 0 Å². The third-order valence-electron chi connectivity index (χ3n) is 4.69. The van der Waals surface area contributed by atoms with Gasteiger partial charge in [0.05, 0.1) is 35.4 Å². The van der Waals surface area contributed by atoms with E-state index >= 15 is 0 Å². The molecule has 2 aromatic carbocycles. The van der Waals surface area contributed by atoms with E-state index in [9.17, 15) is 28.1 Å². The Morgan fingerprint density at radius 1 is 0.867 bits per heavy atom. The monoisotopic (exact) mass is 411 g/mol. The van der Waals surface area contributed by atoms with Crippen molar-refractivity contribution < 1.29 is 17.6 Å². The largest absolute Gasteiger partial charge is 0.378 e. The third-order valence-corrected chi connectivity index (χ3v) is 4.69. The number of aryl methyl sites for hydroxylation is 1. The summed E-state index contributed by atoms with van der Waals surface area (Å²) in [6.45, 7) is 1.48. The number of hydrogen-bond donors (Lipinski definition) is 0. The van der Waals surface area contributed by atoms with Gasteiger partial charge in [-0.3, -0.25) is 0 Å². The van der Waals surface area contributed by atoms with Gasteiger partial charge >= 0.3 is 0 Å². The van der Waals surface area contributed by atoms with Crippen molar-refractivity contribution in [1.29, 1.82) is 21.0 Å². The van der Waals surface area contributed by atoms with E-state index in [1.165, 1.54) is 49.4 Å². The summed E-state index contributed by atoms with van der Waals surface area (Å²) in [5.41, 5.74) is -4.82. The lowest BCUT2D eigenvalue weighted by molar-refractivity contribution is 0.418. The Kier molecular flexibility index (Phi) is 6.01. The van der Waals surface area contributed by atoms with Crippen molar-refractivity contribution in [1.82, 2.24) is 0 Å². The highest BCUT2D eigenvalue weighted by Gasteiger charge is 2.45. The molecule has 0 atom stereocenters. The van der Waals surface area contributed by atoms with Crippen molar-refractivity contribution >= 4 is 5.69 Å². The first-order valence-corrected chi connectivity index (χ1v) is 8.37. The van der Waals surface area contributed by atoms with Gasteiger partial charge in [0, 0.05) is 19.8 Å². The van der Waals surface area contributed by atoms with Crippen LogP contribution in [-0.4, -0.2) is 14.1 Å². The van der Waals surface area contributed by atoms with E-state index in [1.807, 2.05) is 0 Å². The molecule has 0 aliphatic carbocycles. The third kappa shape index (κ3) is 3.17. The number of nitriles is 4. The van der Waals surface area contributed by atoms with E-state index in [0.717, 1.165) is 0 Å². The van der Waals surface area contributed by atoms with Crippen molar-refractivity contribution in [2.24, 2.45) is 0 Å². The molecule has 0 radical (unpaired) electrons. The summed E-state index contributed by atoms with van der Waals surface area (Å²) in [6.07, 6.45) is 0. The number of anilines is 1. The van der Waals surface area contributed by atoms with Crippen molar-refractivity contribution in [3.63, 3.8) is 0 Å². The lowest BCUT2D eigenvalue weighted by Gasteiger charge is -2.25. The van der Waals surface area contributed by atoms with Gasteiger partial charge in [0.1, 0.15) is 0 Å². The molecule has 0 heterocycles. The van der Waals surface area contributed by atoms with Gasteiger partial charge in [0.2, 0.25) is 0 Å². The summed E-state index contributed by atoms with van der Waals surface area (Å²) >= 11 is 0. The van der Waals surface area contributed by atoms with E-state index in [-0.39, 0.29) is 11.1 Å². The van der Waals surface area contributed by atoms with E-state index < -0.39 is 45.7 Å². The molecule has 9 heteroatoms. The van der Waals surface area contributed by atoms with Crippen LogP contribution < -0.4 is 4.90 Å². The topological polar surface area (TPSA) is 98.4 Å². The summed E-state index contributed by atoms with van der Waals surface area (Å²) in [5, 5.41) is 37.2. The minimum Gasteiger partial charge on any atom is -0.378 e. The number of hydrogen-bond acceptors (Lipinski definition) is 5. The zero-order chi connectivity index (χ0) is 22.8. The van der Waals surface area contributed by atoms with Crippen LogP contribution in [0.1, 0.15) is 28.2 Å². The maximum atomic E-state index is 14.9. The quantitative estimate of drug-likeness (QED) is 0.558. The Bertz CT molecular complexity index is 1140. The SMILES string of the molecule is Cc1cc(N(C)C)ccc1C(C#N)(C#N)c1c(F)c(F)c(C(C#N)C#N)c(F)c1F. The summed E-state index contributed by atoms with van der Waals surface area (Å²) < 4.78 is 59.1. The standard InChI is InChI=1S/C21H13F4N5/c1-11-6-13(30(2)3)4-5-14(11)21(9-28,10-29)16-19(24)17(22)15(12(7-26)8-27)18(23)20(16)25/h4-6,12H,1-3H3. The molecule has 0 N–H and O–H groups in total. The minimum atomic E-state index is -2.72. The van der Waals surface area contributed by atoms with Gasteiger partial charge in [-0.05, 0) is 30.2 Å². The lowest BCUT2D eigenvalue weighted by Crippen LogP contribution is -2.30. The minimum absolute atomic E-state index is 0.167. The molecular weight excluding hydrogens is 398 g/mol. The second kappa shape index (κ2) is 8.11. The molecule has 0 aliphatic heterocycles. The Labute approximate surface area is 170 Å². The summed E-state index contributed by atoms with van der Waals surface area (Å²) in [7, 11) is 3.44. The smallest absolute Gasteiger partial charge is 0.199 e. The lowest BCUT2D eigenvalue weighted by atomic mass is 9.74. The van der Waals surface area contributed by atoms with Crippen LogP contribution >= 0.6 is 0 Å². The number of rotatable bonds is 4. The summed E-state index contributed by atoms with van der Waals surface area (Å²) in [6, 6.07) is 9.73. The van der Waals surface area contributed by atoms with Crippen LogP contribution in [0.5, 0.6) is 0 Å². The molecule has 2 aromatic rings. The predicted octanol–water partition coefficient (Wildman–Crippen LogP) is 4.08. The first-order chi connectivity index (χ1) is 14.1. The van der Waals surface area contributed by atoms with E-state index in [1.54, 1.807) is 19.0 Å². The van der Waals surface area contributed by atoms with Crippen LogP contribution in [0, 0.1) is 75.5 Å². The van der Waals surface area contributed by atoms with Crippen molar-refractivity contribution in [3.05, 3.63) is 63.7 Å². The molecule has 30 heavy (non-hydrogen) atoms. The molecule has 2 rings (SSSR count). The fourth-order valence-electron chi connectivity index (χ4n) is 3.13. The first kappa shape index (κ1) is 22.2. The number of halogens is 4. The summed E-state index contributed by atoms with van der Waals surface area (Å²) in [4.78, 5) is 1.70. The molecule has 0 aromatic heterocycles. The average Bonchev–Trinajstić information content (AvgIpc) is 2.73. The van der Waals surface area contributed by atoms with E-state index in [4.69, 9.17) is 10.5 Å². The Morgan fingerprint density at radius 2 is 1.37 bits per heavy atom. The van der Waals surface area contributed by atoms with Gasteiger partial charge in [-0.2, -0.15) is 21.0 Å². The maximum absolute atomic E-state index is 14.9. The molecule has 0 saturated carbocycles. The number of nitrogens with zero attached hydrogens (tertiary/aromatic N) is 5. The Morgan fingerprint density at radius 3 is 1.73 bits per heavy atom. The molecule has 0 saturated heterocycles. The molecule has 0 spiro atoms.